The van der Waals surface area contributed by atoms with Gasteiger partial charge >= 0.3 is 0 Å². The van der Waals surface area contributed by atoms with Crippen LogP contribution in [0.25, 0.3) is 5.57 Å². The molecule has 1 aromatic heterocycles. The van der Waals surface area contributed by atoms with Crippen molar-refractivity contribution in [1.29, 1.82) is 5.26 Å². The Morgan fingerprint density at radius 1 is 1.50 bits per heavy atom. The van der Waals surface area contributed by atoms with Gasteiger partial charge in [0.25, 0.3) is 0 Å². The molecular formula is C13H13N7O2. The van der Waals surface area contributed by atoms with Crippen LogP contribution in [0.4, 0.5) is 11.4 Å². The molecular weight excluding hydrogens is 286 g/mol. The summed E-state index contributed by atoms with van der Waals surface area (Å²) in [6.45, 7) is 1.42. The Bertz CT molecular complexity index is 731. The van der Waals surface area contributed by atoms with Crippen LogP contribution >= 0.6 is 0 Å². The molecule has 1 aromatic carbocycles. The quantitative estimate of drug-likeness (QED) is 0.706. The molecule has 0 bridgehead atoms. The summed E-state index contributed by atoms with van der Waals surface area (Å²) in [6, 6.07) is 7.08. The number of hydrogen-bond donors (Lipinski definition) is 3. The standard InChI is InChI=1S/C13H13N7O2/c1-8(21)16-11-4-3-10(5-12(11)22-2)15-7-9(6-14)13-17-19-20-18-13/h3-5,7,15H,1-2H3,(H,16,21)(H,17,18,19,20). The van der Waals surface area contributed by atoms with E-state index in [0.29, 0.717) is 17.1 Å². The molecule has 0 saturated heterocycles. The Morgan fingerprint density at radius 2 is 2.32 bits per heavy atom. The van der Waals surface area contributed by atoms with Gasteiger partial charge in [0.2, 0.25) is 11.7 Å². The zero-order chi connectivity index (χ0) is 15.9. The zero-order valence-electron chi connectivity index (χ0n) is 11.9. The molecule has 112 valence electrons. The number of benzene rings is 1. The van der Waals surface area contributed by atoms with Crippen LogP contribution in [0.5, 0.6) is 5.75 Å². The largest absolute Gasteiger partial charge is 0.494 e. The van der Waals surface area contributed by atoms with Crippen molar-refractivity contribution in [3.05, 3.63) is 30.2 Å². The lowest BCUT2D eigenvalue weighted by Crippen LogP contribution is -2.07. The molecule has 0 unspecified atom stereocenters. The molecule has 0 aliphatic rings. The first-order valence-electron chi connectivity index (χ1n) is 6.20. The predicted octanol–water partition coefficient (Wildman–Crippen LogP) is 1.14. The number of aromatic nitrogens is 4. The molecule has 0 aliphatic heterocycles. The van der Waals surface area contributed by atoms with Crippen molar-refractivity contribution < 1.29 is 9.53 Å². The first-order valence-corrected chi connectivity index (χ1v) is 6.20. The molecule has 3 N–H and O–H groups in total. The molecule has 0 fully saturated rings. The van der Waals surface area contributed by atoms with Crippen LogP contribution in [0.3, 0.4) is 0 Å². The van der Waals surface area contributed by atoms with E-state index in [0.717, 1.165) is 0 Å². The lowest BCUT2D eigenvalue weighted by atomic mass is 10.2. The summed E-state index contributed by atoms with van der Waals surface area (Å²) in [4.78, 5) is 11.1. The maximum absolute atomic E-state index is 11.1. The number of anilines is 2. The Kier molecular flexibility index (Phi) is 4.66. The Labute approximate surface area is 126 Å². The number of nitriles is 1. The second-order valence-corrected chi connectivity index (χ2v) is 4.15. The van der Waals surface area contributed by atoms with Gasteiger partial charge in [0, 0.05) is 24.9 Å². The first-order chi connectivity index (χ1) is 10.6. The minimum Gasteiger partial charge on any atom is -0.494 e. The fraction of sp³-hybridized carbons (Fsp3) is 0.154. The third-order valence-electron chi connectivity index (χ3n) is 2.60. The van der Waals surface area contributed by atoms with Crippen LogP contribution in [-0.4, -0.2) is 33.6 Å². The molecule has 9 nitrogen and oxygen atoms in total. The van der Waals surface area contributed by atoms with E-state index in [1.165, 1.54) is 20.2 Å². The summed E-state index contributed by atoms with van der Waals surface area (Å²) in [6.07, 6.45) is 1.46. The van der Waals surface area contributed by atoms with Gasteiger partial charge in [-0.25, -0.2) is 0 Å². The maximum atomic E-state index is 11.1. The van der Waals surface area contributed by atoms with Gasteiger partial charge in [-0.1, -0.05) is 0 Å². The summed E-state index contributed by atoms with van der Waals surface area (Å²) in [5, 5.41) is 27.8. The number of ether oxygens (including phenoxy) is 1. The molecule has 1 amide bonds. The summed E-state index contributed by atoms with van der Waals surface area (Å²) in [5.41, 5.74) is 1.45. The molecule has 0 spiro atoms. The maximum Gasteiger partial charge on any atom is 0.221 e. The van der Waals surface area contributed by atoms with E-state index in [1.54, 1.807) is 18.2 Å². The lowest BCUT2D eigenvalue weighted by Gasteiger charge is -2.10. The van der Waals surface area contributed by atoms with E-state index in [-0.39, 0.29) is 17.3 Å². The van der Waals surface area contributed by atoms with Crippen molar-refractivity contribution >= 4 is 22.9 Å². The topological polar surface area (TPSA) is 129 Å². The fourth-order valence-electron chi connectivity index (χ4n) is 1.65. The fourth-order valence-corrected chi connectivity index (χ4v) is 1.65. The second kappa shape index (κ2) is 6.85. The average Bonchev–Trinajstić information content (AvgIpc) is 3.03. The smallest absolute Gasteiger partial charge is 0.221 e. The van der Waals surface area contributed by atoms with Crippen LogP contribution < -0.4 is 15.4 Å². The number of nitrogens with zero attached hydrogens (tertiary/aromatic N) is 4. The number of tetrazole rings is 1. The summed E-state index contributed by atoms with van der Waals surface area (Å²) in [5.74, 6) is 0.492. The SMILES string of the molecule is COc1cc(NC=C(C#N)c2nn[nH]n2)ccc1NC(C)=O. The highest BCUT2D eigenvalue weighted by Gasteiger charge is 2.07. The zero-order valence-corrected chi connectivity index (χ0v) is 11.9. The second-order valence-electron chi connectivity index (χ2n) is 4.15. The number of methoxy groups -OCH3 is 1. The Morgan fingerprint density at radius 3 is 2.91 bits per heavy atom. The van der Waals surface area contributed by atoms with E-state index in [4.69, 9.17) is 10.00 Å². The van der Waals surface area contributed by atoms with Crippen LogP contribution in [0.2, 0.25) is 0 Å². The molecule has 1 heterocycles. The lowest BCUT2D eigenvalue weighted by molar-refractivity contribution is -0.114. The van der Waals surface area contributed by atoms with Crippen LogP contribution in [-0.2, 0) is 4.79 Å². The van der Waals surface area contributed by atoms with Gasteiger partial charge in [-0.2, -0.15) is 10.5 Å². The van der Waals surface area contributed by atoms with Gasteiger partial charge < -0.3 is 15.4 Å². The van der Waals surface area contributed by atoms with Gasteiger partial charge in [-0.3, -0.25) is 4.79 Å². The van der Waals surface area contributed by atoms with Crippen molar-refractivity contribution in [1.82, 2.24) is 20.6 Å². The van der Waals surface area contributed by atoms with Gasteiger partial charge in [-0.05, 0) is 17.3 Å². The molecule has 22 heavy (non-hydrogen) atoms. The third-order valence-corrected chi connectivity index (χ3v) is 2.60. The van der Waals surface area contributed by atoms with Crippen LogP contribution in [0.15, 0.2) is 24.4 Å². The molecule has 9 heteroatoms. The number of allylic oxidation sites excluding steroid dienone is 1. The van der Waals surface area contributed by atoms with Crippen molar-refractivity contribution in [3.8, 4) is 11.8 Å². The van der Waals surface area contributed by atoms with Crippen molar-refractivity contribution in [3.63, 3.8) is 0 Å². The van der Waals surface area contributed by atoms with Gasteiger partial charge in [-0.15, -0.1) is 10.2 Å². The Hall–Kier alpha value is -3.41. The summed E-state index contributed by atoms with van der Waals surface area (Å²) >= 11 is 0. The predicted molar refractivity (Wildman–Crippen MR) is 78.7 cm³/mol. The van der Waals surface area contributed by atoms with E-state index in [2.05, 4.69) is 31.3 Å². The van der Waals surface area contributed by atoms with Crippen LogP contribution in [0.1, 0.15) is 12.7 Å². The van der Waals surface area contributed by atoms with Crippen molar-refractivity contribution in [2.45, 2.75) is 6.92 Å². The normalized spacial score (nSPS) is 10.7. The number of amides is 1. The van der Waals surface area contributed by atoms with Gasteiger partial charge in [0.15, 0.2) is 0 Å². The number of carbonyl (C=O) groups is 1. The highest BCUT2D eigenvalue weighted by molar-refractivity contribution is 5.90. The number of rotatable bonds is 5. The van der Waals surface area contributed by atoms with E-state index >= 15 is 0 Å². The van der Waals surface area contributed by atoms with Crippen molar-refractivity contribution in [2.75, 3.05) is 17.7 Å². The molecule has 0 aliphatic carbocycles. The monoisotopic (exact) mass is 299 g/mol. The van der Waals surface area contributed by atoms with Crippen molar-refractivity contribution in [2.24, 2.45) is 0 Å². The molecule has 2 aromatic rings. The number of hydrogen-bond acceptors (Lipinski definition) is 7. The minimum atomic E-state index is -0.192. The summed E-state index contributed by atoms with van der Waals surface area (Å²) < 4.78 is 5.21. The van der Waals surface area contributed by atoms with E-state index < -0.39 is 0 Å². The van der Waals surface area contributed by atoms with Crippen LogP contribution in [0, 0.1) is 11.3 Å². The average molecular weight is 299 g/mol. The van der Waals surface area contributed by atoms with E-state index in [1.807, 2.05) is 6.07 Å². The number of carbonyl (C=O) groups excluding carboxylic acids is 1. The molecule has 0 atom stereocenters. The highest BCUT2D eigenvalue weighted by atomic mass is 16.5. The third kappa shape index (κ3) is 3.57. The number of aromatic amines is 1. The molecule has 0 saturated carbocycles. The number of H-pyrrole nitrogens is 1. The summed E-state index contributed by atoms with van der Waals surface area (Å²) in [7, 11) is 1.50. The first kappa shape index (κ1) is 15.0. The van der Waals surface area contributed by atoms with Gasteiger partial charge in [0.1, 0.15) is 17.4 Å². The minimum absolute atomic E-state index is 0.192. The Balaban J connectivity index is 2.20. The molecule has 0 radical (unpaired) electrons. The highest BCUT2D eigenvalue weighted by Crippen LogP contribution is 2.28. The van der Waals surface area contributed by atoms with E-state index in [9.17, 15) is 4.79 Å². The van der Waals surface area contributed by atoms with Gasteiger partial charge in [0.05, 0.1) is 12.8 Å². The number of nitrogens with one attached hydrogen (secondary N) is 3. The molecule has 2 rings (SSSR count).